The number of hydrogen-bond acceptors (Lipinski definition) is 5. The minimum atomic E-state index is -3.46. The van der Waals surface area contributed by atoms with Crippen molar-refractivity contribution < 1.29 is 22.3 Å². The second kappa shape index (κ2) is 8.92. The van der Waals surface area contributed by atoms with Crippen LogP contribution in [0.25, 0.3) is 11.3 Å². The third-order valence-electron chi connectivity index (χ3n) is 4.88. The van der Waals surface area contributed by atoms with Crippen molar-refractivity contribution in [1.29, 1.82) is 0 Å². The second-order valence-corrected chi connectivity index (χ2v) is 10.5. The first-order chi connectivity index (χ1) is 14.4. The SMILES string of the molecule is CC(C)(C)OC(=O)N1CCC(NS(C)(=O)=O)C1Cc1cccc(-c2cccc(F)c2)n1. The van der Waals surface area contributed by atoms with Crippen LogP contribution in [0, 0.1) is 5.82 Å². The lowest BCUT2D eigenvalue weighted by atomic mass is 10.0. The molecule has 7 nitrogen and oxygen atoms in total. The number of sulfonamides is 1. The summed E-state index contributed by atoms with van der Waals surface area (Å²) >= 11 is 0. The van der Waals surface area contributed by atoms with Gasteiger partial charge >= 0.3 is 6.09 Å². The predicted octanol–water partition coefficient (Wildman–Crippen LogP) is 3.36. The minimum absolute atomic E-state index is 0.329. The van der Waals surface area contributed by atoms with E-state index in [0.29, 0.717) is 36.3 Å². The number of amides is 1. The molecular formula is C22H28FN3O4S. The van der Waals surface area contributed by atoms with Gasteiger partial charge in [-0.3, -0.25) is 4.98 Å². The van der Waals surface area contributed by atoms with E-state index in [1.807, 2.05) is 12.1 Å². The van der Waals surface area contributed by atoms with Gasteiger partial charge in [0.1, 0.15) is 11.4 Å². The number of carbonyl (C=O) groups is 1. The number of nitrogens with zero attached hydrogens (tertiary/aromatic N) is 2. The lowest BCUT2D eigenvalue weighted by molar-refractivity contribution is 0.0218. The van der Waals surface area contributed by atoms with Crippen molar-refractivity contribution in [2.75, 3.05) is 12.8 Å². The van der Waals surface area contributed by atoms with Crippen LogP contribution in [0.4, 0.5) is 9.18 Å². The number of pyridine rings is 1. The van der Waals surface area contributed by atoms with E-state index < -0.39 is 33.8 Å². The largest absolute Gasteiger partial charge is 0.444 e. The van der Waals surface area contributed by atoms with Gasteiger partial charge in [-0.05, 0) is 51.5 Å². The van der Waals surface area contributed by atoms with E-state index in [-0.39, 0.29) is 5.82 Å². The van der Waals surface area contributed by atoms with E-state index in [0.717, 1.165) is 6.26 Å². The van der Waals surface area contributed by atoms with Gasteiger partial charge in [-0.15, -0.1) is 0 Å². The Morgan fingerprint density at radius 2 is 1.97 bits per heavy atom. The Kier molecular flexibility index (Phi) is 6.66. The van der Waals surface area contributed by atoms with Crippen molar-refractivity contribution in [2.45, 2.75) is 51.3 Å². The third-order valence-corrected chi connectivity index (χ3v) is 5.62. The summed E-state index contributed by atoms with van der Waals surface area (Å²) in [7, 11) is -3.46. The summed E-state index contributed by atoms with van der Waals surface area (Å²) in [5, 5.41) is 0. The zero-order chi connectivity index (χ0) is 22.8. The third kappa shape index (κ3) is 6.48. The number of likely N-dealkylation sites (tertiary alicyclic amines) is 1. The predicted molar refractivity (Wildman–Crippen MR) is 116 cm³/mol. The first-order valence-corrected chi connectivity index (χ1v) is 12.0. The average molecular weight is 450 g/mol. The molecular weight excluding hydrogens is 421 g/mol. The van der Waals surface area contributed by atoms with Crippen molar-refractivity contribution in [1.82, 2.24) is 14.6 Å². The Morgan fingerprint density at radius 3 is 2.61 bits per heavy atom. The lowest BCUT2D eigenvalue weighted by Crippen LogP contribution is -2.48. The molecule has 0 radical (unpaired) electrons. The van der Waals surface area contributed by atoms with Crippen LogP contribution < -0.4 is 4.72 Å². The van der Waals surface area contributed by atoms with Gasteiger partial charge in [0.15, 0.2) is 0 Å². The van der Waals surface area contributed by atoms with Crippen LogP contribution in [0.1, 0.15) is 32.9 Å². The molecule has 2 unspecified atom stereocenters. The van der Waals surface area contributed by atoms with Crippen LogP contribution in [0.5, 0.6) is 0 Å². The maximum Gasteiger partial charge on any atom is 0.410 e. The fourth-order valence-electron chi connectivity index (χ4n) is 3.68. The molecule has 9 heteroatoms. The van der Waals surface area contributed by atoms with Gasteiger partial charge in [-0.2, -0.15) is 0 Å². The standard InChI is InChI=1S/C22H28FN3O4S/c1-22(2,3)30-21(27)26-12-11-19(25-31(4,28)29)20(26)14-17-9-6-10-18(24-17)15-7-5-8-16(23)13-15/h5-10,13,19-20,25H,11-12,14H2,1-4H3. The number of halogens is 1. The molecule has 168 valence electrons. The molecule has 2 atom stereocenters. The van der Waals surface area contributed by atoms with Crippen LogP contribution in [0.15, 0.2) is 42.5 Å². The average Bonchev–Trinajstić information content (AvgIpc) is 3.01. The molecule has 1 aromatic carbocycles. The maximum atomic E-state index is 13.6. The number of benzene rings is 1. The van der Waals surface area contributed by atoms with Gasteiger partial charge < -0.3 is 9.64 Å². The Hall–Kier alpha value is -2.52. The maximum absolute atomic E-state index is 13.6. The number of aromatic nitrogens is 1. The first kappa shape index (κ1) is 23.1. The molecule has 3 rings (SSSR count). The van der Waals surface area contributed by atoms with E-state index in [2.05, 4.69) is 9.71 Å². The highest BCUT2D eigenvalue weighted by atomic mass is 32.2. The molecule has 0 saturated carbocycles. The monoisotopic (exact) mass is 449 g/mol. The fourth-order valence-corrected chi connectivity index (χ4v) is 4.51. The summed E-state index contributed by atoms with van der Waals surface area (Å²) in [4.78, 5) is 18.9. The van der Waals surface area contributed by atoms with E-state index in [1.165, 1.54) is 12.1 Å². The molecule has 2 heterocycles. The Morgan fingerprint density at radius 1 is 1.26 bits per heavy atom. The molecule has 1 amide bonds. The summed E-state index contributed by atoms with van der Waals surface area (Å²) in [6.45, 7) is 5.72. The van der Waals surface area contributed by atoms with Crippen LogP contribution in [0.2, 0.25) is 0 Å². The van der Waals surface area contributed by atoms with Crippen molar-refractivity contribution in [2.24, 2.45) is 0 Å². The van der Waals surface area contributed by atoms with E-state index in [1.54, 1.807) is 43.9 Å². The Labute approximate surface area is 182 Å². The number of nitrogens with one attached hydrogen (secondary N) is 1. The summed E-state index contributed by atoms with van der Waals surface area (Å²) < 4.78 is 45.5. The quantitative estimate of drug-likeness (QED) is 0.756. The lowest BCUT2D eigenvalue weighted by Gasteiger charge is -2.30. The van der Waals surface area contributed by atoms with E-state index in [4.69, 9.17) is 4.74 Å². The Balaban J connectivity index is 1.88. The van der Waals surface area contributed by atoms with Crippen molar-refractivity contribution in [3.63, 3.8) is 0 Å². The molecule has 1 aliphatic rings. The van der Waals surface area contributed by atoms with Gasteiger partial charge in [-0.1, -0.05) is 18.2 Å². The zero-order valence-corrected chi connectivity index (χ0v) is 18.9. The van der Waals surface area contributed by atoms with Crippen LogP contribution >= 0.6 is 0 Å². The van der Waals surface area contributed by atoms with Gasteiger partial charge in [0.05, 0.1) is 18.0 Å². The number of rotatable bonds is 5. The molecule has 31 heavy (non-hydrogen) atoms. The molecule has 1 fully saturated rings. The second-order valence-electron chi connectivity index (χ2n) is 8.75. The fraction of sp³-hybridized carbons (Fsp3) is 0.455. The Bertz CT molecular complexity index is 1050. The van der Waals surface area contributed by atoms with Crippen LogP contribution in [0.3, 0.4) is 0 Å². The van der Waals surface area contributed by atoms with Gasteiger partial charge in [0.2, 0.25) is 10.0 Å². The first-order valence-electron chi connectivity index (χ1n) is 10.1. The van der Waals surface area contributed by atoms with Crippen molar-refractivity contribution in [3.8, 4) is 11.3 Å². The van der Waals surface area contributed by atoms with Crippen LogP contribution in [-0.2, 0) is 21.2 Å². The summed E-state index contributed by atoms with van der Waals surface area (Å²) in [6, 6.07) is 10.7. The summed E-state index contributed by atoms with van der Waals surface area (Å²) in [6.07, 6.45) is 1.41. The molecule has 0 bridgehead atoms. The molecule has 1 saturated heterocycles. The molecule has 1 N–H and O–H groups in total. The summed E-state index contributed by atoms with van der Waals surface area (Å²) in [5.74, 6) is -0.353. The minimum Gasteiger partial charge on any atom is -0.444 e. The van der Waals surface area contributed by atoms with Gasteiger partial charge in [0, 0.05) is 30.3 Å². The normalized spacial score (nSPS) is 19.5. The molecule has 2 aromatic rings. The van der Waals surface area contributed by atoms with E-state index in [9.17, 15) is 17.6 Å². The van der Waals surface area contributed by atoms with E-state index >= 15 is 0 Å². The highest BCUT2D eigenvalue weighted by molar-refractivity contribution is 7.88. The highest BCUT2D eigenvalue weighted by Crippen LogP contribution is 2.26. The van der Waals surface area contributed by atoms with Crippen molar-refractivity contribution >= 4 is 16.1 Å². The molecule has 1 aromatic heterocycles. The van der Waals surface area contributed by atoms with Gasteiger partial charge in [-0.25, -0.2) is 22.3 Å². The zero-order valence-electron chi connectivity index (χ0n) is 18.1. The van der Waals surface area contributed by atoms with Crippen molar-refractivity contribution in [3.05, 3.63) is 54.0 Å². The summed E-state index contributed by atoms with van der Waals surface area (Å²) in [5.41, 5.74) is 1.25. The smallest absolute Gasteiger partial charge is 0.410 e. The molecule has 1 aliphatic heterocycles. The number of hydrogen-bond donors (Lipinski definition) is 1. The molecule has 0 spiro atoms. The number of carbonyl (C=O) groups excluding carboxylic acids is 1. The topological polar surface area (TPSA) is 88.6 Å². The van der Waals surface area contributed by atoms with Gasteiger partial charge in [0.25, 0.3) is 0 Å². The van der Waals surface area contributed by atoms with Crippen LogP contribution in [-0.4, -0.2) is 54.9 Å². The highest BCUT2D eigenvalue weighted by Gasteiger charge is 2.40. The molecule has 0 aliphatic carbocycles. The number of ether oxygens (including phenoxy) is 1.